The number of carbonyl (C=O) groups excluding carboxylic acids is 1. The van der Waals surface area contributed by atoms with Crippen LogP contribution in [0.3, 0.4) is 0 Å². The highest BCUT2D eigenvalue weighted by Crippen LogP contribution is 2.41. The quantitative estimate of drug-likeness (QED) is 0.377. The summed E-state index contributed by atoms with van der Waals surface area (Å²) in [7, 11) is -4.33. The molecule has 9 nitrogen and oxygen atoms in total. The topological polar surface area (TPSA) is 134 Å². The van der Waals surface area contributed by atoms with Crippen LogP contribution in [0, 0.1) is 17.2 Å². The second-order valence-corrected chi connectivity index (χ2v) is 12.3. The third-order valence-corrected chi connectivity index (χ3v) is 7.80. The molecule has 2 heterocycles. The van der Waals surface area contributed by atoms with Crippen LogP contribution >= 0.6 is 0 Å². The van der Waals surface area contributed by atoms with Crippen molar-refractivity contribution >= 4 is 21.7 Å². The van der Waals surface area contributed by atoms with Crippen molar-refractivity contribution in [2.24, 2.45) is 11.3 Å². The van der Waals surface area contributed by atoms with Crippen LogP contribution in [0.4, 0.5) is 10.2 Å². The minimum Gasteiger partial charge on any atom is -0.490 e. The molecular formula is C28H33FN4O5S. The lowest BCUT2D eigenvalue weighted by Gasteiger charge is -2.28. The van der Waals surface area contributed by atoms with Gasteiger partial charge in [0.2, 0.25) is 5.88 Å². The summed E-state index contributed by atoms with van der Waals surface area (Å²) in [5.41, 5.74) is 6.04. The van der Waals surface area contributed by atoms with Gasteiger partial charge in [-0.3, -0.25) is 4.79 Å². The van der Waals surface area contributed by atoms with Crippen LogP contribution < -0.4 is 19.9 Å². The molecule has 0 radical (unpaired) electrons. The number of sulfonamides is 1. The van der Waals surface area contributed by atoms with E-state index in [9.17, 15) is 17.6 Å². The van der Waals surface area contributed by atoms with Crippen molar-refractivity contribution in [3.8, 4) is 22.9 Å². The SMILES string of the molecule is CC(C)COc1c(F)cccc1-c1ccc(C(=O)NS(=O)(=O)c2cccc(N)n2)c(O[C@H]2CCCC2(C)C)n1. The van der Waals surface area contributed by atoms with Crippen LogP contribution in [0.1, 0.15) is 57.3 Å². The van der Waals surface area contributed by atoms with Gasteiger partial charge in [-0.2, -0.15) is 8.42 Å². The van der Waals surface area contributed by atoms with E-state index in [-0.39, 0.29) is 40.4 Å². The highest BCUT2D eigenvalue weighted by molar-refractivity contribution is 7.90. The second-order valence-electron chi connectivity index (χ2n) is 10.7. The maximum absolute atomic E-state index is 14.8. The molecule has 1 amide bonds. The first kappa shape index (κ1) is 28.3. The molecule has 1 atom stereocenters. The first-order valence-corrected chi connectivity index (χ1v) is 14.2. The average Bonchev–Trinajstić information content (AvgIpc) is 3.20. The zero-order chi connectivity index (χ0) is 28.4. The number of hydrogen-bond donors (Lipinski definition) is 2. The molecule has 1 aromatic carbocycles. The van der Waals surface area contributed by atoms with Crippen molar-refractivity contribution in [1.82, 2.24) is 14.7 Å². The molecule has 1 aliphatic rings. The molecule has 1 fully saturated rings. The van der Waals surface area contributed by atoms with Crippen molar-refractivity contribution in [3.63, 3.8) is 0 Å². The van der Waals surface area contributed by atoms with E-state index in [1.54, 1.807) is 12.1 Å². The number of nitrogen functional groups attached to an aromatic ring is 1. The molecule has 0 bridgehead atoms. The molecule has 3 N–H and O–H groups in total. The third kappa shape index (κ3) is 6.47. The van der Waals surface area contributed by atoms with Gasteiger partial charge in [0.05, 0.1) is 12.3 Å². The first-order valence-electron chi connectivity index (χ1n) is 12.8. The molecule has 208 valence electrons. The van der Waals surface area contributed by atoms with Gasteiger partial charge in [0.1, 0.15) is 17.5 Å². The molecule has 2 aromatic heterocycles. The van der Waals surface area contributed by atoms with E-state index in [1.807, 2.05) is 18.6 Å². The van der Waals surface area contributed by atoms with Crippen LogP contribution in [-0.2, 0) is 10.0 Å². The molecule has 4 rings (SSSR count). The van der Waals surface area contributed by atoms with Crippen molar-refractivity contribution < 1.29 is 27.1 Å². The summed E-state index contributed by atoms with van der Waals surface area (Å²) < 4.78 is 54.5. The van der Waals surface area contributed by atoms with Crippen molar-refractivity contribution in [3.05, 3.63) is 59.9 Å². The fourth-order valence-electron chi connectivity index (χ4n) is 4.42. The Morgan fingerprint density at radius 1 is 1.15 bits per heavy atom. The zero-order valence-corrected chi connectivity index (χ0v) is 23.2. The fraction of sp³-hybridized carbons (Fsp3) is 0.393. The molecule has 1 aliphatic carbocycles. The Morgan fingerprint density at radius 2 is 1.90 bits per heavy atom. The monoisotopic (exact) mass is 556 g/mol. The van der Waals surface area contributed by atoms with E-state index < -0.39 is 26.8 Å². The number of carbonyl (C=O) groups is 1. The van der Waals surface area contributed by atoms with Gasteiger partial charge in [-0.25, -0.2) is 19.1 Å². The van der Waals surface area contributed by atoms with E-state index in [0.717, 1.165) is 19.3 Å². The lowest BCUT2D eigenvalue weighted by Crippen LogP contribution is -2.33. The average molecular weight is 557 g/mol. The van der Waals surface area contributed by atoms with Crippen LogP contribution in [0.25, 0.3) is 11.3 Å². The number of benzene rings is 1. The number of halogens is 1. The molecule has 0 spiro atoms. The van der Waals surface area contributed by atoms with Crippen molar-refractivity contribution in [1.29, 1.82) is 0 Å². The van der Waals surface area contributed by atoms with E-state index in [2.05, 4.69) is 23.8 Å². The molecule has 11 heteroatoms. The van der Waals surface area contributed by atoms with E-state index >= 15 is 0 Å². The van der Waals surface area contributed by atoms with E-state index in [0.29, 0.717) is 17.9 Å². The summed E-state index contributed by atoms with van der Waals surface area (Å²) in [6.07, 6.45) is 2.34. The number of ether oxygens (including phenoxy) is 2. The summed E-state index contributed by atoms with van der Waals surface area (Å²) >= 11 is 0. The summed E-state index contributed by atoms with van der Waals surface area (Å²) in [6, 6.07) is 11.5. The lowest BCUT2D eigenvalue weighted by molar-refractivity contribution is 0.0898. The Hall–Kier alpha value is -3.73. The molecule has 1 saturated carbocycles. The number of aromatic nitrogens is 2. The number of pyridine rings is 2. The number of nitrogens with zero attached hydrogens (tertiary/aromatic N) is 2. The molecule has 0 saturated heterocycles. The highest BCUT2D eigenvalue weighted by Gasteiger charge is 2.37. The summed E-state index contributed by atoms with van der Waals surface area (Å²) in [5.74, 6) is -1.35. The smallest absolute Gasteiger partial charge is 0.281 e. The summed E-state index contributed by atoms with van der Waals surface area (Å²) in [4.78, 5) is 21.6. The minimum atomic E-state index is -4.33. The van der Waals surface area contributed by atoms with Gasteiger partial charge in [-0.15, -0.1) is 0 Å². The molecule has 39 heavy (non-hydrogen) atoms. The number of nitrogens with two attached hydrogens (primary N) is 1. The zero-order valence-electron chi connectivity index (χ0n) is 22.4. The lowest BCUT2D eigenvalue weighted by atomic mass is 9.89. The van der Waals surface area contributed by atoms with E-state index in [4.69, 9.17) is 15.2 Å². The maximum atomic E-state index is 14.8. The number of hydrogen-bond acceptors (Lipinski definition) is 8. The number of nitrogens with one attached hydrogen (secondary N) is 1. The summed E-state index contributed by atoms with van der Waals surface area (Å²) in [5, 5.41) is -0.397. The first-order chi connectivity index (χ1) is 18.4. The Labute approximate surface area is 228 Å². The van der Waals surface area contributed by atoms with Gasteiger partial charge in [-0.05, 0) is 61.6 Å². The molecule has 3 aromatic rings. The van der Waals surface area contributed by atoms with Crippen LogP contribution in [0.2, 0.25) is 0 Å². The Bertz CT molecular complexity index is 1480. The van der Waals surface area contributed by atoms with Gasteiger partial charge in [0, 0.05) is 11.0 Å². The largest absolute Gasteiger partial charge is 0.490 e. The van der Waals surface area contributed by atoms with Gasteiger partial charge in [-0.1, -0.05) is 39.8 Å². The normalized spacial score (nSPS) is 16.7. The fourth-order valence-corrected chi connectivity index (χ4v) is 5.36. The Morgan fingerprint density at radius 3 is 2.56 bits per heavy atom. The van der Waals surface area contributed by atoms with Crippen LogP contribution in [-0.4, -0.2) is 37.0 Å². The van der Waals surface area contributed by atoms with Crippen molar-refractivity contribution in [2.75, 3.05) is 12.3 Å². The molecular weight excluding hydrogens is 523 g/mol. The minimum absolute atomic E-state index is 0.00517. The van der Waals surface area contributed by atoms with Crippen LogP contribution in [0.15, 0.2) is 53.6 Å². The van der Waals surface area contributed by atoms with Crippen molar-refractivity contribution in [2.45, 2.75) is 58.1 Å². The van der Waals surface area contributed by atoms with Gasteiger partial charge >= 0.3 is 0 Å². The molecule has 0 unspecified atom stereocenters. The Balaban J connectivity index is 1.74. The maximum Gasteiger partial charge on any atom is 0.281 e. The number of rotatable bonds is 9. The highest BCUT2D eigenvalue weighted by atomic mass is 32.2. The number of amides is 1. The number of para-hydroxylation sites is 1. The van der Waals surface area contributed by atoms with Gasteiger partial charge < -0.3 is 15.2 Å². The predicted molar refractivity (Wildman–Crippen MR) is 145 cm³/mol. The number of anilines is 1. The Kier molecular flexibility index (Phi) is 8.10. The molecule has 0 aliphatic heterocycles. The predicted octanol–water partition coefficient (Wildman–Crippen LogP) is 4.98. The van der Waals surface area contributed by atoms with Gasteiger partial charge in [0.15, 0.2) is 16.6 Å². The van der Waals surface area contributed by atoms with E-state index in [1.165, 1.54) is 36.4 Å². The van der Waals surface area contributed by atoms with Gasteiger partial charge in [0.25, 0.3) is 15.9 Å². The standard InChI is InChI=1S/C28H33FN4O5S/c1-17(2)16-37-25-18(8-5-9-20(25)29)21-14-13-19(27(31-21)38-22-10-7-15-28(22,3)4)26(34)33-39(35,36)24-12-6-11-23(30)32-24/h5-6,8-9,11-14,17,22H,7,10,15-16H2,1-4H3,(H2,30,32)(H,33,34)/t22-/m0/s1. The van der Waals surface area contributed by atoms with Crippen LogP contribution in [0.5, 0.6) is 11.6 Å². The summed E-state index contributed by atoms with van der Waals surface area (Å²) in [6.45, 7) is 8.33. The second kappa shape index (κ2) is 11.2. The third-order valence-electron chi connectivity index (χ3n) is 6.57.